The Hall–Kier alpha value is -3.28. The summed E-state index contributed by atoms with van der Waals surface area (Å²) in [5.74, 6) is -2.51. The second-order valence-electron chi connectivity index (χ2n) is 7.27. The van der Waals surface area contributed by atoms with Crippen LogP contribution < -0.4 is 4.74 Å². The van der Waals surface area contributed by atoms with Gasteiger partial charge in [-0.05, 0) is 18.2 Å². The Kier molecular flexibility index (Phi) is 7.23. The monoisotopic (exact) mass is 456 g/mol. The molecular formula is C20H20F4N4O4. The zero-order valence-corrected chi connectivity index (χ0v) is 16.7. The molecule has 8 nitrogen and oxygen atoms in total. The van der Waals surface area contributed by atoms with Crippen LogP contribution in [0, 0.1) is 5.82 Å². The molecule has 172 valence electrons. The Bertz CT molecular complexity index is 945. The lowest BCUT2D eigenvalue weighted by Crippen LogP contribution is -2.52. The van der Waals surface area contributed by atoms with Gasteiger partial charge in [-0.2, -0.15) is 23.4 Å². The summed E-state index contributed by atoms with van der Waals surface area (Å²) in [7, 11) is 0. The molecule has 12 heteroatoms. The normalized spacial score (nSPS) is 20.7. The molecule has 0 saturated carbocycles. The number of ether oxygens (including phenoxy) is 1. The molecule has 2 saturated heterocycles. The molecular weight excluding hydrogens is 436 g/mol. The fourth-order valence-electron chi connectivity index (χ4n) is 3.60. The highest BCUT2D eigenvalue weighted by Gasteiger charge is 2.39. The molecule has 0 aliphatic carbocycles. The first-order valence-corrected chi connectivity index (χ1v) is 9.66. The number of hydrogen-bond donors (Lipinski definition) is 1. The molecule has 0 bridgehead atoms. The SMILES string of the molecule is O=C(O)C(F)(F)F.O=C(c1ccnnc1)N1CCN2C[C@H](Oc3cccc(F)c3)C[C@H]2C1. The van der Waals surface area contributed by atoms with Crippen LogP contribution in [0.15, 0.2) is 42.7 Å². The molecule has 2 aromatic rings. The molecule has 32 heavy (non-hydrogen) atoms. The number of carbonyl (C=O) groups excluding carboxylic acids is 1. The van der Waals surface area contributed by atoms with Gasteiger partial charge in [0.05, 0.1) is 18.0 Å². The third-order valence-electron chi connectivity index (χ3n) is 5.04. The van der Waals surface area contributed by atoms with Gasteiger partial charge in [-0.25, -0.2) is 9.18 Å². The summed E-state index contributed by atoms with van der Waals surface area (Å²) in [4.78, 5) is 25.7. The van der Waals surface area contributed by atoms with Crippen LogP contribution in [-0.4, -0.2) is 81.5 Å². The minimum atomic E-state index is -5.08. The number of carboxylic acid groups (broad SMARTS) is 1. The molecule has 0 spiro atoms. The maximum absolute atomic E-state index is 13.3. The van der Waals surface area contributed by atoms with Gasteiger partial charge in [0.15, 0.2) is 0 Å². The largest absolute Gasteiger partial charge is 0.490 e. The number of fused-ring (bicyclic) bond motifs is 1. The number of aliphatic carboxylic acids is 1. The van der Waals surface area contributed by atoms with Crippen molar-refractivity contribution in [3.8, 4) is 5.75 Å². The van der Waals surface area contributed by atoms with Gasteiger partial charge >= 0.3 is 12.1 Å². The number of aromatic nitrogens is 2. The van der Waals surface area contributed by atoms with Crippen molar-refractivity contribution in [1.82, 2.24) is 20.0 Å². The van der Waals surface area contributed by atoms with E-state index in [1.54, 1.807) is 18.2 Å². The first-order valence-electron chi connectivity index (χ1n) is 9.66. The minimum Gasteiger partial charge on any atom is -0.489 e. The van der Waals surface area contributed by atoms with E-state index in [0.717, 1.165) is 19.5 Å². The van der Waals surface area contributed by atoms with Gasteiger partial charge in [0.1, 0.15) is 17.7 Å². The van der Waals surface area contributed by atoms with Crippen LogP contribution in [-0.2, 0) is 4.79 Å². The third kappa shape index (κ3) is 6.13. The second-order valence-corrected chi connectivity index (χ2v) is 7.27. The number of halogens is 4. The number of hydrogen-bond acceptors (Lipinski definition) is 6. The smallest absolute Gasteiger partial charge is 0.489 e. The highest BCUT2D eigenvalue weighted by molar-refractivity contribution is 5.93. The van der Waals surface area contributed by atoms with Crippen LogP contribution in [0.3, 0.4) is 0 Å². The van der Waals surface area contributed by atoms with Crippen LogP contribution in [0.1, 0.15) is 16.8 Å². The van der Waals surface area contributed by atoms with Crippen molar-refractivity contribution in [2.45, 2.75) is 24.7 Å². The number of carboxylic acids is 1. The standard InChI is InChI=1S/C18H19FN4O2.C2HF3O2/c19-14-2-1-3-16(8-14)25-17-9-15-11-23(7-6-22(15)12-17)18(24)13-4-5-20-21-10-13;3-2(4,5)1(6)7/h1-5,8,10,15,17H,6-7,9,11-12H2;(H,6,7)/t15-,17+;/m0./s1. The van der Waals surface area contributed by atoms with E-state index < -0.39 is 12.1 Å². The highest BCUT2D eigenvalue weighted by Crippen LogP contribution is 2.26. The van der Waals surface area contributed by atoms with E-state index in [0.29, 0.717) is 24.4 Å². The molecule has 0 radical (unpaired) electrons. The minimum absolute atomic E-state index is 0.0101. The number of amides is 1. The average molecular weight is 456 g/mol. The molecule has 2 fully saturated rings. The maximum Gasteiger partial charge on any atom is 0.490 e. The van der Waals surface area contributed by atoms with E-state index in [1.165, 1.54) is 24.5 Å². The molecule has 2 atom stereocenters. The lowest BCUT2D eigenvalue weighted by Gasteiger charge is -2.37. The summed E-state index contributed by atoms with van der Waals surface area (Å²) in [6.07, 6.45) is -1.21. The zero-order chi connectivity index (χ0) is 23.3. The Morgan fingerprint density at radius 2 is 1.88 bits per heavy atom. The molecule has 4 rings (SSSR count). The predicted molar refractivity (Wildman–Crippen MR) is 102 cm³/mol. The van der Waals surface area contributed by atoms with Crippen LogP contribution in [0.5, 0.6) is 5.75 Å². The molecule has 1 aromatic carbocycles. The van der Waals surface area contributed by atoms with Crippen molar-refractivity contribution in [1.29, 1.82) is 0 Å². The number of piperazine rings is 1. The Morgan fingerprint density at radius 1 is 1.12 bits per heavy atom. The van der Waals surface area contributed by atoms with Crippen LogP contribution in [0.25, 0.3) is 0 Å². The number of nitrogens with zero attached hydrogens (tertiary/aromatic N) is 4. The lowest BCUT2D eigenvalue weighted by atomic mass is 10.1. The summed E-state index contributed by atoms with van der Waals surface area (Å²) in [6, 6.07) is 8.19. The Balaban J connectivity index is 0.000000360. The summed E-state index contributed by atoms with van der Waals surface area (Å²) < 4.78 is 51.0. The van der Waals surface area contributed by atoms with E-state index in [-0.39, 0.29) is 23.9 Å². The quantitative estimate of drug-likeness (QED) is 0.708. The molecule has 1 amide bonds. The van der Waals surface area contributed by atoms with Gasteiger partial charge in [0.25, 0.3) is 5.91 Å². The molecule has 0 unspecified atom stereocenters. The van der Waals surface area contributed by atoms with E-state index in [9.17, 15) is 22.4 Å². The third-order valence-corrected chi connectivity index (χ3v) is 5.04. The summed E-state index contributed by atoms with van der Waals surface area (Å²) in [6.45, 7) is 2.98. The number of carbonyl (C=O) groups is 2. The van der Waals surface area contributed by atoms with Crippen molar-refractivity contribution in [2.75, 3.05) is 26.2 Å². The second kappa shape index (κ2) is 9.90. The van der Waals surface area contributed by atoms with E-state index >= 15 is 0 Å². The molecule has 1 N–H and O–H groups in total. The van der Waals surface area contributed by atoms with Gasteiger partial charge in [-0.3, -0.25) is 9.69 Å². The first kappa shape index (κ1) is 23.4. The van der Waals surface area contributed by atoms with Crippen molar-refractivity contribution >= 4 is 11.9 Å². The van der Waals surface area contributed by atoms with Gasteiger partial charge in [-0.1, -0.05) is 6.07 Å². The van der Waals surface area contributed by atoms with Gasteiger partial charge < -0.3 is 14.7 Å². The molecule has 2 aliphatic heterocycles. The molecule has 3 heterocycles. The van der Waals surface area contributed by atoms with Gasteiger partial charge in [0.2, 0.25) is 0 Å². The van der Waals surface area contributed by atoms with Crippen molar-refractivity contribution in [2.24, 2.45) is 0 Å². The fraction of sp³-hybridized carbons (Fsp3) is 0.400. The Morgan fingerprint density at radius 3 is 2.50 bits per heavy atom. The van der Waals surface area contributed by atoms with Crippen LogP contribution >= 0.6 is 0 Å². The average Bonchev–Trinajstić information content (AvgIpc) is 3.15. The highest BCUT2D eigenvalue weighted by atomic mass is 19.4. The number of benzene rings is 1. The van der Waals surface area contributed by atoms with E-state index in [1.807, 2.05) is 4.90 Å². The number of alkyl halides is 3. The maximum atomic E-state index is 13.3. The summed E-state index contributed by atoms with van der Waals surface area (Å²) >= 11 is 0. The van der Waals surface area contributed by atoms with Gasteiger partial charge in [-0.15, -0.1) is 0 Å². The van der Waals surface area contributed by atoms with Gasteiger partial charge in [0, 0.05) is 44.7 Å². The fourth-order valence-corrected chi connectivity index (χ4v) is 3.60. The van der Waals surface area contributed by atoms with Crippen molar-refractivity contribution < 1.29 is 37.0 Å². The lowest BCUT2D eigenvalue weighted by molar-refractivity contribution is -0.192. The van der Waals surface area contributed by atoms with Crippen molar-refractivity contribution in [3.05, 3.63) is 54.1 Å². The topological polar surface area (TPSA) is 95.9 Å². The molecule has 2 aliphatic rings. The predicted octanol–water partition coefficient (Wildman–Crippen LogP) is 2.23. The summed E-state index contributed by atoms with van der Waals surface area (Å²) in [5.41, 5.74) is 0.564. The van der Waals surface area contributed by atoms with Crippen molar-refractivity contribution in [3.63, 3.8) is 0 Å². The molecule has 1 aromatic heterocycles. The summed E-state index contributed by atoms with van der Waals surface area (Å²) in [5, 5.41) is 14.6. The van der Waals surface area contributed by atoms with Crippen LogP contribution in [0.4, 0.5) is 17.6 Å². The Labute approximate surface area is 180 Å². The van der Waals surface area contributed by atoms with E-state index in [4.69, 9.17) is 14.6 Å². The zero-order valence-electron chi connectivity index (χ0n) is 16.7. The number of rotatable bonds is 3. The van der Waals surface area contributed by atoms with E-state index in [2.05, 4.69) is 15.1 Å². The van der Waals surface area contributed by atoms with Crippen LogP contribution in [0.2, 0.25) is 0 Å². The first-order chi connectivity index (χ1) is 15.1.